The molecule has 88 valence electrons. The predicted molar refractivity (Wildman–Crippen MR) is 67.8 cm³/mol. The maximum Gasteiger partial charge on any atom is 0.330 e. The van der Waals surface area contributed by atoms with Crippen molar-refractivity contribution in [2.24, 2.45) is 0 Å². The van der Waals surface area contributed by atoms with E-state index in [-0.39, 0.29) is 5.97 Å². The Morgan fingerprint density at radius 3 is 2.47 bits per heavy atom. The van der Waals surface area contributed by atoms with Crippen LogP contribution >= 0.6 is 0 Å². The normalized spacial score (nSPS) is 12.0. The molecule has 0 unspecified atom stereocenters. The Morgan fingerprint density at radius 2 is 1.93 bits per heavy atom. The van der Waals surface area contributed by atoms with Crippen LogP contribution in [-0.2, 0) is 9.53 Å². The molecule has 0 saturated heterocycles. The zero-order valence-corrected chi connectivity index (χ0v) is 11.5. The van der Waals surface area contributed by atoms with E-state index in [9.17, 15) is 4.79 Å². The molecule has 2 nitrogen and oxygen atoms in total. The number of rotatable bonds is 7. The first kappa shape index (κ1) is 14.4. The minimum atomic E-state index is -1.06. The van der Waals surface area contributed by atoms with E-state index in [0.29, 0.717) is 6.61 Å². The van der Waals surface area contributed by atoms with Gasteiger partial charge in [-0.2, -0.15) is 0 Å². The Hall–Kier alpha value is -0.573. The highest BCUT2D eigenvalue weighted by molar-refractivity contribution is 6.76. The Morgan fingerprint density at radius 1 is 1.27 bits per heavy atom. The van der Waals surface area contributed by atoms with Gasteiger partial charge in [0.25, 0.3) is 0 Å². The van der Waals surface area contributed by atoms with Crippen LogP contribution < -0.4 is 0 Å². The summed E-state index contributed by atoms with van der Waals surface area (Å²) in [4.78, 5) is 11.2. The highest BCUT2D eigenvalue weighted by Crippen LogP contribution is 2.08. The molecule has 0 saturated carbocycles. The van der Waals surface area contributed by atoms with Crippen LogP contribution in [0.2, 0.25) is 25.7 Å². The fraction of sp³-hybridized carbons (Fsp3) is 0.750. The summed E-state index contributed by atoms with van der Waals surface area (Å²) in [6.45, 7) is 9.54. The van der Waals surface area contributed by atoms with Gasteiger partial charge in [-0.1, -0.05) is 45.5 Å². The Labute approximate surface area is 94.7 Å². The standard InChI is InChI=1S/C12H24O2Si/c1-5-6-7-10-14-12(13)9-8-11-15(2,3)4/h8-9H,5-7,10-11H2,1-4H3/b9-8+. The smallest absolute Gasteiger partial charge is 0.330 e. The SMILES string of the molecule is CCCCCOC(=O)/C=C/C[Si](C)(C)C. The molecule has 0 aromatic carbocycles. The molecule has 0 amide bonds. The maximum absolute atomic E-state index is 11.2. The van der Waals surface area contributed by atoms with Gasteiger partial charge in [0, 0.05) is 14.1 Å². The van der Waals surface area contributed by atoms with Gasteiger partial charge >= 0.3 is 5.97 Å². The summed E-state index contributed by atoms with van der Waals surface area (Å²) in [7, 11) is -1.06. The van der Waals surface area contributed by atoms with Crippen LogP contribution in [0, 0.1) is 0 Å². The third-order valence-corrected chi connectivity index (χ3v) is 3.44. The van der Waals surface area contributed by atoms with Gasteiger partial charge in [-0.15, -0.1) is 0 Å². The molecular weight excluding hydrogens is 204 g/mol. The van der Waals surface area contributed by atoms with Crippen LogP contribution in [-0.4, -0.2) is 20.7 Å². The molecule has 0 aliphatic rings. The van der Waals surface area contributed by atoms with Crippen molar-refractivity contribution in [1.82, 2.24) is 0 Å². The van der Waals surface area contributed by atoms with Gasteiger partial charge in [0.05, 0.1) is 6.61 Å². The Balaban J connectivity index is 3.56. The molecule has 0 aliphatic carbocycles. The van der Waals surface area contributed by atoms with Gasteiger partial charge in [0.1, 0.15) is 0 Å². The summed E-state index contributed by atoms with van der Waals surface area (Å²) < 4.78 is 5.05. The fourth-order valence-corrected chi connectivity index (χ4v) is 1.91. The molecule has 0 bridgehead atoms. The van der Waals surface area contributed by atoms with Crippen LogP contribution in [0.4, 0.5) is 0 Å². The summed E-state index contributed by atoms with van der Waals surface area (Å²) in [5.74, 6) is -0.190. The number of hydrogen-bond acceptors (Lipinski definition) is 2. The van der Waals surface area contributed by atoms with Crippen molar-refractivity contribution in [2.45, 2.75) is 51.9 Å². The largest absolute Gasteiger partial charge is 0.463 e. The Bertz CT molecular complexity index is 204. The van der Waals surface area contributed by atoms with Crippen molar-refractivity contribution in [3.8, 4) is 0 Å². The molecule has 0 aliphatic heterocycles. The molecule has 15 heavy (non-hydrogen) atoms. The van der Waals surface area contributed by atoms with E-state index in [1.165, 1.54) is 0 Å². The van der Waals surface area contributed by atoms with E-state index in [0.717, 1.165) is 25.3 Å². The van der Waals surface area contributed by atoms with Gasteiger partial charge < -0.3 is 4.74 Å². The van der Waals surface area contributed by atoms with Crippen molar-refractivity contribution in [2.75, 3.05) is 6.61 Å². The van der Waals surface area contributed by atoms with Crippen LogP contribution in [0.15, 0.2) is 12.2 Å². The lowest BCUT2D eigenvalue weighted by molar-refractivity contribution is -0.137. The lowest BCUT2D eigenvalue weighted by Gasteiger charge is -2.11. The first-order valence-corrected chi connectivity index (χ1v) is 9.49. The summed E-state index contributed by atoms with van der Waals surface area (Å²) in [6.07, 6.45) is 6.79. The van der Waals surface area contributed by atoms with E-state index in [2.05, 4.69) is 26.6 Å². The number of hydrogen-bond donors (Lipinski definition) is 0. The highest BCUT2D eigenvalue weighted by atomic mass is 28.3. The molecule has 0 spiro atoms. The zero-order valence-electron chi connectivity index (χ0n) is 10.5. The molecule has 0 fully saturated rings. The van der Waals surface area contributed by atoms with E-state index >= 15 is 0 Å². The summed E-state index contributed by atoms with van der Waals surface area (Å²) >= 11 is 0. The topological polar surface area (TPSA) is 26.3 Å². The molecule has 0 aromatic rings. The minimum Gasteiger partial charge on any atom is -0.463 e. The van der Waals surface area contributed by atoms with E-state index in [1.807, 2.05) is 6.08 Å². The quantitative estimate of drug-likeness (QED) is 0.288. The summed E-state index contributed by atoms with van der Waals surface area (Å²) in [5.41, 5.74) is 0. The second kappa shape index (κ2) is 7.68. The molecule has 0 heterocycles. The van der Waals surface area contributed by atoms with Gasteiger partial charge in [0.2, 0.25) is 0 Å². The molecule has 0 rings (SSSR count). The highest BCUT2D eigenvalue weighted by Gasteiger charge is 2.09. The third kappa shape index (κ3) is 11.4. The molecule has 0 radical (unpaired) electrons. The number of unbranched alkanes of at least 4 members (excludes halogenated alkanes) is 2. The Kier molecular flexibility index (Phi) is 7.39. The third-order valence-electron chi connectivity index (χ3n) is 1.98. The molecule has 0 N–H and O–H groups in total. The predicted octanol–water partition coefficient (Wildman–Crippen LogP) is 3.61. The van der Waals surface area contributed by atoms with Crippen molar-refractivity contribution < 1.29 is 9.53 Å². The van der Waals surface area contributed by atoms with Crippen molar-refractivity contribution in [3.05, 3.63) is 12.2 Å². The summed E-state index contributed by atoms with van der Waals surface area (Å²) in [6, 6.07) is 1.04. The molecule has 0 aromatic heterocycles. The van der Waals surface area contributed by atoms with E-state index in [4.69, 9.17) is 4.74 Å². The maximum atomic E-state index is 11.2. The number of allylic oxidation sites excluding steroid dienone is 1. The lowest BCUT2D eigenvalue weighted by Crippen LogP contribution is -2.17. The molecule has 3 heteroatoms. The second-order valence-corrected chi connectivity index (χ2v) is 10.6. The van der Waals surface area contributed by atoms with Crippen LogP contribution in [0.25, 0.3) is 0 Å². The lowest BCUT2D eigenvalue weighted by atomic mass is 10.3. The van der Waals surface area contributed by atoms with E-state index in [1.54, 1.807) is 6.08 Å². The van der Waals surface area contributed by atoms with Crippen LogP contribution in [0.3, 0.4) is 0 Å². The first-order valence-electron chi connectivity index (χ1n) is 5.79. The van der Waals surface area contributed by atoms with Crippen molar-refractivity contribution >= 4 is 14.0 Å². The molecular formula is C12H24O2Si. The van der Waals surface area contributed by atoms with Crippen molar-refractivity contribution in [1.29, 1.82) is 0 Å². The monoisotopic (exact) mass is 228 g/mol. The number of carbonyl (C=O) groups excluding carboxylic acids is 1. The average Bonchev–Trinajstić information content (AvgIpc) is 2.10. The second-order valence-electron chi connectivity index (χ2n) is 5.04. The van der Waals surface area contributed by atoms with Gasteiger partial charge in [-0.3, -0.25) is 0 Å². The fourth-order valence-electron chi connectivity index (χ4n) is 1.08. The van der Waals surface area contributed by atoms with Crippen molar-refractivity contribution in [3.63, 3.8) is 0 Å². The number of ether oxygens (including phenoxy) is 1. The number of esters is 1. The van der Waals surface area contributed by atoms with Gasteiger partial charge in [-0.25, -0.2) is 4.79 Å². The van der Waals surface area contributed by atoms with Gasteiger partial charge in [0.15, 0.2) is 0 Å². The first-order chi connectivity index (χ1) is 6.95. The average molecular weight is 228 g/mol. The van der Waals surface area contributed by atoms with E-state index < -0.39 is 8.07 Å². The van der Waals surface area contributed by atoms with Crippen LogP contribution in [0.1, 0.15) is 26.2 Å². The number of carbonyl (C=O) groups is 1. The molecule has 0 atom stereocenters. The summed E-state index contributed by atoms with van der Waals surface area (Å²) in [5, 5.41) is 0. The van der Waals surface area contributed by atoms with Gasteiger partial charge in [-0.05, 0) is 12.5 Å². The zero-order chi connectivity index (χ0) is 11.7. The minimum absolute atomic E-state index is 0.190. The van der Waals surface area contributed by atoms with Crippen LogP contribution in [0.5, 0.6) is 0 Å².